The van der Waals surface area contributed by atoms with Crippen LogP contribution in [-0.2, 0) is 11.0 Å². The number of carbonyl (C=O) groups excluding carboxylic acids is 2. The number of amides is 2. The summed E-state index contributed by atoms with van der Waals surface area (Å²) in [7, 11) is 0. The second kappa shape index (κ2) is 6.33. The first-order valence-corrected chi connectivity index (χ1v) is 6.83. The van der Waals surface area contributed by atoms with Crippen molar-refractivity contribution in [2.24, 2.45) is 0 Å². The van der Waals surface area contributed by atoms with Crippen molar-refractivity contribution in [1.29, 1.82) is 0 Å². The molecule has 1 saturated heterocycles. The molecule has 0 aliphatic carbocycles. The molecule has 0 radical (unpaired) electrons. The van der Waals surface area contributed by atoms with Crippen LogP contribution in [0.3, 0.4) is 0 Å². The average molecular weight is 354 g/mol. The molecule has 0 spiro atoms. The zero-order valence-corrected chi connectivity index (χ0v) is 12.1. The molecule has 0 saturated carbocycles. The largest absolute Gasteiger partial charge is 0.471 e. The fourth-order valence-corrected chi connectivity index (χ4v) is 2.28. The van der Waals surface area contributed by atoms with Gasteiger partial charge in [-0.2, -0.15) is 26.3 Å². The normalized spacial score (nSPS) is 16.2. The van der Waals surface area contributed by atoms with E-state index in [4.69, 9.17) is 0 Å². The lowest BCUT2D eigenvalue weighted by Crippen LogP contribution is -2.53. The minimum atomic E-state index is -4.97. The molecular formula is C14H12F6N2O2. The van der Waals surface area contributed by atoms with E-state index in [9.17, 15) is 35.9 Å². The summed E-state index contributed by atoms with van der Waals surface area (Å²) in [5.74, 6) is -2.56. The Morgan fingerprint density at radius 3 is 1.67 bits per heavy atom. The zero-order chi connectivity index (χ0) is 18.1. The third kappa shape index (κ3) is 3.98. The summed E-state index contributed by atoms with van der Waals surface area (Å²) in [6.07, 6.45) is -9.50. The van der Waals surface area contributed by atoms with Gasteiger partial charge < -0.3 is 9.80 Å². The molecule has 2 rings (SSSR count). The van der Waals surface area contributed by atoms with Crippen LogP contribution in [0.1, 0.15) is 15.9 Å². The van der Waals surface area contributed by atoms with E-state index in [1.807, 2.05) is 0 Å². The maximum Gasteiger partial charge on any atom is 0.471 e. The number of carbonyl (C=O) groups is 2. The summed E-state index contributed by atoms with van der Waals surface area (Å²) < 4.78 is 74.4. The lowest BCUT2D eigenvalue weighted by Gasteiger charge is -2.35. The standard InChI is InChI=1S/C14H12F6N2O2/c15-13(16,17)10-3-1-9(2-4-10)11(23)21-5-7-22(8-6-21)12(24)14(18,19)20/h1-4H,5-8H2. The van der Waals surface area contributed by atoms with Crippen LogP contribution in [0.15, 0.2) is 24.3 Å². The van der Waals surface area contributed by atoms with Gasteiger partial charge >= 0.3 is 18.3 Å². The Bertz CT molecular complexity index is 616. The molecular weight excluding hydrogens is 342 g/mol. The van der Waals surface area contributed by atoms with Crippen molar-refractivity contribution in [3.63, 3.8) is 0 Å². The predicted molar refractivity (Wildman–Crippen MR) is 70.0 cm³/mol. The van der Waals surface area contributed by atoms with Gasteiger partial charge in [-0.1, -0.05) is 0 Å². The molecule has 1 aliphatic rings. The van der Waals surface area contributed by atoms with E-state index in [2.05, 4.69) is 0 Å². The number of hydrogen-bond acceptors (Lipinski definition) is 2. The maximum absolute atomic E-state index is 12.5. The fourth-order valence-electron chi connectivity index (χ4n) is 2.28. The number of hydrogen-bond donors (Lipinski definition) is 0. The molecule has 0 aromatic heterocycles. The van der Waals surface area contributed by atoms with Crippen molar-refractivity contribution >= 4 is 11.8 Å². The molecule has 1 aromatic carbocycles. The van der Waals surface area contributed by atoms with Crippen LogP contribution < -0.4 is 0 Å². The Kier molecular flexibility index (Phi) is 4.77. The van der Waals surface area contributed by atoms with Crippen molar-refractivity contribution in [1.82, 2.24) is 9.80 Å². The summed E-state index contributed by atoms with van der Waals surface area (Å²) in [5, 5.41) is 0. The zero-order valence-electron chi connectivity index (χ0n) is 12.1. The SMILES string of the molecule is O=C(c1ccc(C(F)(F)F)cc1)N1CCN(C(=O)C(F)(F)F)CC1. The van der Waals surface area contributed by atoms with Crippen molar-refractivity contribution in [3.05, 3.63) is 35.4 Å². The molecule has 2 amide bonds. The highest BCUT2D eigenvalue weighted by molar-refractivity contribution is 5.94. The molecule has 10 heteroatoms. The Labute approximate surface area is 132 Å². The van der Waals surface area contributed by atoms with E-state index in [0.717, 1.165) is 24.3 Å². The monoisotopic (exact) mass is 354 g/mol. The van der Waals surface area contributed by atoms with Crippen molar-refractivity contribution < 1.29 is 35.9 Å². The number of nitrogens with zero attached hydrogens (tertiary/aromatic N) is 2. The van der Waals surface area contributed by atoms with E-state index in [-0.39, 0.29) is 31.7 Å². The van der Waals surface area contributed by atoms with Crippen LogP contribution in [0, 0.1) is 0 Å². The molecule has 4 nitrogen and oxygen atoms in total. The predicted octanol–water partition coefficient (Wildman–Crippen LogP) is 2.55. The molecule has 1 aliphatic heterocycles. The molecule has 1 aromatic rings. The van der Waals surface area contributed by atoms with E-state index in [0.29, 0.717) is 4.90 Å². The summed E-state index contributed by atoms with van der Waals surface area (Å²) >= 11 is 0. The summed E-state index contributed by atoms with van der Waals surface area (Å²) in [4.78, 5) is 25.0. The van der Waals surface area contributed by atoms with Crippen LogP contribution in [0.4, 0.5) is 26.3 Å². The van der Waals surface area contributed by atoms with Crippen molar-refractivity contribution in [2.45, 2.75) is 12.4 Å². The number of rotatable bonds is 1. The average Bonchev–Trinajstić information content (AvgIpc) is 2.52. The van der Waals surface area contributed by atoms with Gasteiger partial charge in [0.25, 0.3) is 5.91 Å². The molecule has 0 N–H and O–H groups in total. The van der Waals surface area contributed by atoms with Crippen LogP contribution in [0.5, 0.6) is 0 Å². The van der Waals surface area contributed by atoms with E-state index in [1.54, 1.807) is 0 Å². The third-order valence-corrected chi connectivity index (χ3v) is 3.56. The van der Waals surface area contributed by atoms with Crippen molar-refractivity contribution in [3.8, 4) is 0 Å². The summed E-state index contributed by atoms with van der Waals surface area (Å²) in [6.45, 7) is -0.821. The lowest BCUT2D eigenvalue weighted by molar-refractivity contribution is -0.186. The number of alkyl halides is 6. The first-order valence-electron chi connectivity index (χ1n) is 6.83. The molecule has 0 bridgehead atoms. The highest BCUT2D eigenvalue weighted by atomic mass is 19.4. The molecule has 132 valence electrons. The molecule has 0 atom stereocenters. The maximum atomic E-state index is 12.5. The Morgan fingerprint density at radius 2 is 1.25 bits per heavy atom. The van der Waals surface area contributed by atoms with Crippen LogP contribution in [0.25, 0.3) is 0 Å². The first kappa shape index (κ1) is 18.1. The highest BCUT2D eigenvalue weighted by Gasteiger charge is 2.43. The van der Waals surface area contributed by atoms with Gasteiger partial charge in [0.1, 0.15) is 0 Å². The number of piperazine rings is 1. The topological polar surface area (TPSA) is 40.6 Å². The highest BCUT2D eigenvalue weighted by Crippen LogP contribution is 2.29. The van der Waals surface area contributed by atoms with Gasteiger partial charge in [-0.3, -0.25) is 9.59 Å². The first-order chi connectivity index (χ1) is 11.0. The molecule has 24 heavy (non-hydrogen) atoms. The van der Waals surface area contributed by atoms with Crippen molar-refractivity contribution in [2.75, 3.05) is 26.2 Å². The fraction of sp³-hybridized carbons (Fsp3) is 0.429. The summed E-state index contributed by atoms with van der Waals surface area (Å²) in [5.41, 5.74) is -0.904. The van der Waals surface area contributed by atoms with Crippen LogP contribution in [0.2, 0.25) is 0 Å². The van der Waals surface area contributed by atoms with E-state index >= 15 is 0 Å². The second-order valence-electron chi connectivity index (χ2n) is 5.16. The van der Waals surface area contributed by atoms with Gasteiger partial charge in [0.2, 0.25) is 0 Å². The quantitative estimate of drug-likeness (QED) is 0.728. The van der Waals surface area contributed by atoms with Gasteiger partial charge in [-0.05, 0) is 24.3 Å². The minimum Gasteiger partial charge on any atom is -0.335 e. The van der Waals surface area contributed by atoms with E-state index in [1.165, 1.54) is 4.90 Å². The second-order valence-corrected chi connectivity index (χ2v) is 5.16. The third-order valence-electron chi connectivity index (χ3n) is 3.56. The lowest BCUT2D eigenvalue weighted by atomic mass is 10.1. The Morgan fingerprint density at radius 1 is 0.792 bits per heavy atom. The van der Waals surface area contributed by atoms with Gasteiger partial charge in [0.05, 0.1) is 5.56 Å². The number of halogens is 6. The van der Waals surface area contributed by atoms with Gasteiger partial charge in [-0.15, -0.1) is 0 Å². The molecule has 0 unspecified atom stereocenters. The van der Waals surface area contributed by atoms with Gasteiger partial charge in [0.15, 0.2) is 0 Å². The Hall–Kier alpha value is -2.26. The molecule has 1 heterocycles. The van der Waals surface area contributed by atoms with Crippen LogP contribution >= 0.6 is 0 Å². The Balaban J connectivity index is 1.99. The number of benzene rings is 1. The minimum absolute atomic E-state index is 0.00130. The van der Waals surface area contributed by atoms with Gasteiger partial charge in [0, 0.05) is 31.7 Å². The van der Waals surface area contributed by atoms with Crippen LogP contribution in [-0.4, -0.2) is 54.0 Å². The smallest absolute Gasteiger partial charge is 0.335 e. The molecule has 1 fully saturated rings. The van der Waals surface area contributed by atoms with E-state index < -0.39 is 29.7 Å². The van der Waals surface area contributed by atoms with Gasteiger partial charge in [-0.25, -0.2) is 0 Å². The summed E-state index contributed by atoms with van der Waals surface area (Å²) in [6, 6.07) is 3.55.